The highest BCUT2D eigenvalue weighted by atomic mass is 19.1. The molecule has 7 heteroatoms. The van der Waals surface area contributed by atoms with E-state index in [4.69, 9.17) is 14.2 Å². The van der Waals surface area contributed by atoms with E-state index in [2.05, 4.69) is 10.2 Å². The van der Waals surface area contributed by atoms with Crippen molar-refractivity contribution < 1.29 is 23.4 Å². The average molecular weight is 402 g/mol. The van der Waals surface area contributed by atoms with Crippen LogP contribution in [-0.2, 0) is 4.74 Å². The van der Waals surface area contributed by atoms with Gasteiger partial charge in [-0.05, 0) is 42.3 Å². The molecule has 1 unspecified atom stereocenters. The summed E-state index contributed by atoms with van der Waals surface area (Å²) in [5.41, 5.74) is 1.82. The molecule has 1 fully saturated rings. The molecule has 1 amide bonds. The number of hydrogen-bond donors (Lipinski definition) is 1. The Bertz CT molecular complexity index is 853. The Morgan fingerprint density at radius 3 is 2.52 bits per heavy atom. The molecule has 0 aromatic heterocycles. The first kappa shape index (κ1) is 21.1. The molecule has 0 radical (unpaired) electrons. The number of hydrogen-bond acceptors (Lipinski definition) is 5. The first-order valence-corrected chi connectivity index (χ1v) is 9.61. The topological polar surface area (TPSA) is 60.0 Å². The number of halogens is 1. The van der Waals surface area contributed by atoms with Crippen molar-refractivity contribution in [3.8, 4) is 11.5 Å². The quantitative estimate of drug-likeness (QED) is 0.772. The van der Waals surface area contributed by atoms with Crippen LogP contribution in [0.25, 0.3) is 0 Å². The van der Waals surface area contributed by atoms with Gasteiger partial charge < -0.3 is 19.5 Å². The Morgan fingerprint density at radius 2 is 1.86 bits per heavy atom. The Balaban J connectivity index is 1.80. The molecular weight excluding hydrogens is 375 g/mol. The molecule has 156 valence electrons. The smallest absolute Gasteiger partial charge is 0.251 e. The van der Waals surface area contributed by atoms with Crippen molar-refractivity contribution in [1.82, 2.24) is 10.2 Å². The zero-order valence-electron chi connectivity index (χ0n) is 17.0. The van der Waals surface area contributed by atoms with Gasteiger partial charge in [0.15, 0.2) is 11.5 Å². The number of ether oxygens (including phenoxy) is 3. The van der Waals surface area contributed by atoms with Gasteiger partial charge in [0.25, 0.3) is 5.91 Å². The van der Waals surface area contributed by atoms with Crippen molar-refractivity contribution in [2.75, 3.05) is 47.1 Å². The lowest BCUT2D eigenvalue weighted by molar-refractivity contribution is 0.0162. The van der Waals surface area contributed by atoms with E-state index < -0.39 is 0 Å². The fourth-order valence-electron chi connectivity index (χ4n) is 3.43. The molecule has 2 aromatic rings. The minimum atomic E-state index is -0.387. The number of carbonyl (C=O) groups excluding carboxylic acids is 1. The Hall–Kier alpha value is -2.64. The van der Waals surface area contributed by atoms with Crippen LogP contribution in [0.4, 0.5) is 4.39 Å². The lowest BCUT2D eigenvalue weighted by atomic mass is 10.0. The molecule has 6 nitrogen and oxygen atoms in total. The number of rotatable bonds is 7. The maximum absolute atomic E-state index is 13.8. The van der Waals surface area contributed by atoms with E-state index in [1.807, 2.05) is 18.2 Å². The van der Waals surface area contributed by atoms with Crippen LogP contribution >= 0.6 is 0 Å². The Morgan fingerprint density at radius 1 is 1.14 bits per heavy atom. The number of morpholine rings is 1. The monoisotopic (exact) mass is 402 g/mol. The maximum atomic E-state index is 13.8. The lowest BCUT2D eigenvalue weighted by Gasteiger charge is -2.35. The number of nitrogens with one attached hydrogen (secondary N) is 1. The second kappa shape index (κ2) is 9.71. The summed E-state index contributed by atoms with van der Waals surface area (Å²) in [6, 6.07) is 10.2. The molecule has 29 heavy (non-hydrogen) atoms. The molecule has 0 aliphatic carbocycles. The summed E-state index contributed by atoms with van der Waals surface area (Å²) in [4.78, 5) is 14.8. The van der Waals surface area contributed by atoms with Crippen molar-refractivity contribution >= 4 is 5.91 Å². The van der Waals surface area contributed by atoms with Gasteiger partial charge in [-0.2, -0.15) is 0 Å². The number of amides is 1. The predicted octanol–water partition coefficient (Wildman–Crippen LogP) is 2.95. The molecule has 0 saturated carbocycles. The highest BCUT2D eigenvalue weighted by Crippen LogP contribution is 2.32. The van der Waals surface area contributed by atoms with Gasteiger partial charge in [0.2, 0.25) is 0 Å². The van der Waals surface area contributed by atoms with Crippen LogP contribution in [-0.4, -0.2) is 57.9 Å². The molecule has 1 saturated heterocycles. The van der Waals surface area contributed by atoms with Gasteiger partial charge in [0.05, 0.1) is 33.5 Å². The Kier molecular flexibility index (Phi) is 7.06. The molecular formula is C22H27FN2O4. The van der Waals surface area contributed by atoms with E-state index in [9.17, 15) is 9.18 Å². The van der Waals surface area contributed by atoms with E-state index in [-0.39, 0.29) is 17.8 Å². The number of nitrogens with zero attached hydrogens (tertiary/aromatic N) is 1. The first-order valence-electron chi connectivity index (χ1n) is 9.61. The standard InChI is InChI=1S/C22H27FN2O4/c1-15-4-5-17(12-18(15)23)22(26)24-14-19(25-8-10-29-11-9-25)16-6-7-20(27-2)21(13-16)28-3/h4-7,12-13,19H,8-11,14H2,1-3H3,(H,24,26). The number of carbonyl (C=O) groups is 1. The summed E-state index contributed by atoms with van der Waals surface area (Å²) in [5, 5.41) is 2.95. The van der Waals surface area contributed by atoms with Crippen LogP contribution in [0, 0.1) is 12.7 Å². The van der Waals surface area contributed by atoms with Crippen LogP contribution in [0.2, 0.25) is 0 Å². The summed E-state index contributed by atoms with van der Waals surface area (Å²) in [7, 11) is 3.19. The summed E-state index contributed by atoms with van der Waals surface area (Å²) >= 11 is 0. The summed E-state index contributed by atoms with van der Waals surface area (Å²) < 4.78 is 30.1. The zero-order valence-corrected chi connectivity index (χ0v) is 17.0. The molecule has 0 spiro atoms. The highest BCUT2D eigenvalue weighted by molar-refractivity contribution is 5.94. The molecule has 1 aliphatic heterocycles. The number of methoxy groups -OCH3 is 2. The third-order valence-electron chi connectivity index (χ3n) is 5.17. The first-order chi connectivity index (χ1) is 14.0. The minimum absolute atomic E-state index is 0.0713. The van der Waals surface area contributed by atoms with Gasteiger partial charge in [-0.3, -0.25) is 9.69 Å². The van der Waals surface area contributed by atoms with E-state index >= 15 is 0 Å². The maximum Gasteiger partial charge on any atom is 0.251 e. The molecule has 2 aromatic carbocycles. The predicted molar refractivity (Wildman–Crippen MR) is 108 cm³/mol. The van der Waals surface area contributed by atoms with E-state index in [1.165, 1.54) is 6.07 Å². The number of aryl methyl sites for hydroxylation is 1. The van der Waals surface area contributed by atoms with Crippen LogP contribution in [0.3, 0.4) is 0 Å². The molecule has 1 heterocycles. The Labute approximate surface area is 170 Å². The van der Waals surface area contributed by atoms with Crippen molar-refractivity contribution in [3.63, 3.8) is 0 Å². The molecule has 3 rings (SSSR count). The van der Waals surface area contributed by atoms with E-state index in [1.54, 1.807) is 33.3 Å². The van der Waals surface area contributed by atoms with Crippen LogP contribution in [0.5, 0.6) is 11.5 Å². The lowest BCUT2D eigenvalue weighted by Crippen LogP contribution is -2.43. The van der Waals surface area contributed by atoms with Gasteiger partial charge in [-0.1, -0.05) is 12.1 Å². The minimum Gasteiger partial charge on any atom is -0.493 e. The molecule has 0 bridgehead atoms. The third-order valence-corrected chi connectivity index (χ3v) is 5.17. The summed E-state index contributed by atoms with van der Waals surface area (Å²) in [6.45, 7) is 4.84. The second-order valence-corrected chi connectivity index (χ2v) is 6.95. The van der Waals surface area contributed by atoms with E-state index in [0.717, 1.165) is 18.7 Å². The molecule has 1 N–H and O–H groups in total. The fourth-order valence-corrected chi connectivity index (χ4v) is 3.43. The van der Waals surface area contributed by atoms with Crippen molar-refractivity contribution in [2.45, 2.75) is 13.0 Å². The van der Waals surface area contributed by atoms with Crippen LogP contribution < -0.4 is 14.8 Å². The second-order valence-electron chi connectivity index (χ2n) is 6.95. The number of benzene rings is 2. The van der Waals surface area contributed by atoms with E-state index in [0.29, 0.717) is 42.4 Å². The third kappa shape index (κ3) is 5.05. The van der Waals surface area contributed by atoms with Crippen molar-refractivity contribution in [2.24, 2.45) is 0 Å². The van der Waals surface area contributed by atoms with Gasteiger partial charge in [-0.15, -0.1) is 0 Å². The normalized spacial score (nSPS) is 15.6. The van der Waals surface area contributed by atoms with Gasteiger partial charge in [0, 0.05) is 25.2 Å². The molecule has 1 aliphatic rings. The van der Waals surface area contributed by atoms with Gasteiger partial charge >= 0.3 is 0 Å². The highest BCUT2D eigenvalue weighted by Gasteiger charge is 2.24. The largest absolute Gasteiger partial charge is 0.493 e. The average Bonchev–Trinajstić information content (AvgIpc) is 2.76. The van der Waals surface area contributed by atoms with Gasteiger partial charge in [-0.25, -0.2) is 4.39 Å². The summed E-state index contributed by atoms with van der Waals surface area (Å²) in [5.74, 6) is 0.594. The van der Waals surface area contributed by atoms with Crippen LogP contribution in [0.1, 0.15) is 27.5 Å². The van der Waals surface area contributed by atoms with Crippen molar-refractivity contribution in [1.29, 1.82) is 0 Å². The molecule has 1 atom stereocenters. The SMILES string of the molecule is COc1ccc(C(CNC(=O)c2ccc(C)c(F)c2)N2CCOCC2)cc1OC. The summed E-state index contributed by atoms with van der Waals surface area (Å²) in [6.07, 6.45) is 0. The fraction of sp³-hybridized carbons (Fsp3) is 0.409. The van der Waals surface area contributed by atoms with Crippen molar-refractivity contribution in [3.05, 3.63) is 58.9 Å². The van der Waals surface area contributed by atoms with Crippen LogP contribution in [0.15, 0.2) is 36.4 Å². The zero-order chi connectivity index (χ0) is 20.8. The van der Waals surface area contributed by atoms with Gasteiger partial charge in [0.1, 0.15) is 5.82 Å².